The summed E-state index contributed by atoms with van der Waals surface area (Å²) in [6, 6.07) is 8.84. The molecule has 0 radical (unpaired) electrons. The molecule has 4 rings (SSSR count). The Morgan fingerprint density at radius 3 is 2.80 bits per heavy atom. The second-order valence-corrected chi connectivity index (χ2v) is 6.55. The number of nitrogens with two attached hydrogens (primary N) is 1. The van der Waals surface area contributed by atoms with Gasteiger partial charge in [-0.3, -0.25) is 0 Å². The molecule has 2 saturated carbocycles. The minimum Gasteiger partial charge on any atom is -0.328 e. The lowest BCUT2D eigenvalue weighted by Crippen LogP contribution is -2.35. The number of nitrogens with zero attached hydrogens (tertiary/aromatic N) is 2. The van der Waals surface area contributed by atoms with Crippen LogP contribution in [0.1, 0.15) is 44.3 Å². The third-order valence-electron chi connectivity index (χ3n) is 5.41. The Hall–Kier alpha value is -1.35. The molecule has 20 heavy (non-hydrogen) atoms. The second kappa shape index (κ2) is 4.59. The predicted octanol–water partition coefficient (Wildman–Crippen LogP) is 3.29. The highest BCUT2D eigenvalue weighted by molar-refractivity contribution is 5.76. The summed E-state index contributed by atoms with van der Waals surface area (Å²) in [7, 11) is 0. The number of aryl methyl sites for hydroxylation is 1. The first-order valence-corrected chi connectivity index (χ1v) is 8.00. The molecule has 0 saturated heterocycles. The molecular formula is C17H23N3. The fourth-order valence-electron chi connectivity index (χ4n) is 4.53. The Kier molecular flexibility index (Phi) is 2.84. The monoisotopic (exact) mass is 269 g/mol. The fraction of sp³-hybridized carbons (Fsp3) is 0.588. The molecule has 2 fully saturated rings. The first kappa shape index (κ1) is 12.4. The highest BCUT2D eigenvalue weighted by atomic mass is 15.1. The van der Waals surface area contributed by atoms with Crippen LogP contribution in [0, 0.1) is 11.8 Å². The SMILES string of the molecule is CCCn1c(C2C3CCC(C3)C2N)nc2ccccc21. The normalized spacial score (nSPS) is 32.3. The second-order valence-electron chi connectivity index (χ2n) is 6.55. The summed E-state index contributed by atoms with van der Waals surface area (Å²) in [6.45, 7) is 3.29. The molecule has 2 aromatic rings. The Labute approximate surface area is 120 Å². The number of para-hydroxylation sites is 2. The maximum absolute atomic E-state index is 6.53. The van der Waals surface area contributed by atoms with Gasteiger partial charge in [0.15, 0.2) is 0 Å². The smallest absolute Gasteiger partial charge is 0.114 e. The van der Waals surface area contributed by atoms with E-state index in [0.717, 1.165) is 30.3 Å². The van der Waals surface area contributed by atoms with Gasteiger partial charge in [-0.1, -0.05) is 19.1 Å². The first-order chi connectivity index (χ1) is 9.79. The summed E-state index contributed by atoms with van der Waals surface area (Å²) >= 11 is 0. The van der Waals surface area contributed by atoms with Crippen LogP contribution in [0.5, 0.6) is 0 Å². The molecule has 4 unspecified atom stereocenters. The molecule has 1 heterocycles. The Balaban J connectivity index is 1.84. The van der Waals surface area contributed by atoms with Crippen LogP contribution in [0.25, 0.3) is 11.0 Å². The highest BCUT2D eigenvalue weighted by Gasteiger charge is 2.48. The van der Waals surface area contributed by atoms with Crippen molar-refractivity contribution in [3.8, 4) is 0 Å². The van der Waals surface area contributed by atoms with Crippen molar-refractivity contribution in [2.75, 3.05) is 0 Å². The minimum atomic E-state index is 0.321. The van der Waals surface area contributed by atoms with Crippen molar-refractivity contribution < 1.29 is 0 Å². The van der Waals surface area contributed by atoms with E-state index < -0.39 is 0 Å². The summed E-state index contributed by atoms with van der Waals surface area (Å²) in [5.41, 5.74) is 8.94. The van der Waals surface area contributed by atoms with Crippen molar-refractivity contribution in [3.05, 3.63) is 30.1 Å². The van der Waals surface area contributed by atoms with Crippen molar-refractivity contribution in [3.63, 3.8) is 0 Å². The summed E-state index contributed by atoms with van der Waals surface area (Å²) in [5, 5.41) is 0. The van der Waals surface area contributed by atoms with Gasteiger partial charge in [0.25, 0.3) is 0 Å². The van der Waals surface area contributed by atoms with Gasteiger partial charge in [-0.05, 0) is 49.7 Å². The van der Waals surface area contributed by atoms with Gasteiger partial charge in [-0.2, -0.15) is 0 Å². The van der Waals surface area contributed by atoms with Gasteiger partial charge in [0.2, 0.25) is 0 Å². The van der Waals surface area contributed by atoms with E-state index in [1.54, 1.807) is 0 Å². The number of benzene rings is 1. The summed E-state index contributed by atoms with van der Waals surface area (Å²) < 4.78 is 2.43. The van der Waals surface area contributed by atoms with Crippen LogP contribution in [0.2, 0.25) is 0 Å². The zero-order valence-corrected chi connectivity index (χ0v) is 12.1. The molecule has 106 valence electrons. The van der Waals surface area contributed by atoms with E-state index in [1.165, 1.54) is 30.6 Å². The van der Waals surface area contributed by atoms with E-state index in [9.17, 15) is 0 Å². The molecule has 2 aliphatic carbocycles. The van der Waals surface area contributed by atoms with E-state index in [2.05, 4.69) is 35.8 Å². The van der Waals surface area contributed by atoms with Crippen LogP contribution < -0.4 is 5.73 Å². The molecule has 0 amide bonds. The molecule has 2 bridgehead atoms. The lowest BCUT2D eigenvalue weighted by atomic mass is 9.84. The number of rotatable bonds is 3. The van der Waals surface area contributed by atoms with Crippen LogP contribution >= 0.6 is 0 Å². The molecule has 4 atom stereocenters. The van der Waals surface area contributed by atoms with Crippen molar-refractivity contribution in [2.24, 2.45) is 17.6 Å². The quantitative estimate of drug-likeness (QED) is 0.929. The molecule has 1 aromatic carbocycles. The topological polar surface area (TPSA) is 43.8 Å². The average molecular weight is 269 g/mol. The highest BCUT2D eigenvalue weighted by Crippen LogP contribution is 2.52. The van der Waals surface area contributed by atoms with E-state index in [4.69, 9.17) is 10.7 Å². The van der Waals surface area contributed by atoms with Gasteiger partial charge in [0, 0.05) is 18.5 Å². The van der Waals surface area contributed by atoms with Crippen LogP contribution in [0.4, 0.5) is 0 Å². The Bertz CT molecular complexity index is 628. The van der Waals surface area contributed by atoms with Crippen LogP contribution in [0.15, 0.2) is 24.3 Å². The van der Waals surface area contributed by atoms with Gasteiger partial charge in [0.1, 0.15) is 5.82 Å². The molecule has 3 nitrogen and oxygen atoms in total. The first-order valence-electron chi connectivity index (χ1n) is 8.00. The van der Waals surface area contributed by atoms with E-state index >= 15 is 0 Å². The van der Waals surface area contributed by atoms with Gasteiger partial charge >= 0.3 is 0 Å². The number of hydrogen-bond donors (Lipinski definition) is 1. The van der Waals surface area contributed by atoms with Crippen molar-refractivity contribution in [1.29, 1.82) is 0 Å². The van der Waals surface area contributed by atoms with Crippen LogP contribution in [0.3, 0.4) is 0 Å². The number of hydrogen-bond acceptors (Lipinski definition) is 2. The standard InChI is InChI=1S/C17H23N3/c1-2-9-20-14-6-4-3-5-13(14)19-17(20)15-11-7-8-12(10-11)16(15)18/h3-6,11-12,15-16H,2,7-10,18H2,1H3. The molecule has 0 spiro atoms. The zero-order valence-electron chi connectivity index (χ0n) is 12.1. The summed E-state index contributed by atoms with van der Waals surface area (Å²) in [6.07, 6.45) is 5.14. The van der Waals surface area contributed by atoms with Crippen LogP contribution in [-0.4, -0.2) is 15.6 Å². The number of imidazole rings is 1. The van der Waals surface area contributed by atoms with Crippen LogP contribution in [-0.2, 0) is 6.54 Å². The average Bonchev–Trinajstić information content (AvgIpc) is 3.13. The van der Waals surface area contributed by atoms with Gasteiger partial charge in [-0.15, -0.1) is 0 Å². The molecule has 2 aliphatic rings. The largest absolute Gasteiger partial charge is 0.328 e. The lowest BCUT2D eigenvalue weighted by Gasteiger charge is -2.28. The summed E-state index contributed by atoms with van der Waals surface area (Å²) in [4.78, 5) is 4.97. The predicted molar refractivity (Wildman–Crippen MR) is 81.6 cm³/mol. The fourth-order valence-corrected chi connectivity index (χ4v) is 4.53. The Morgan fingerprint density at radius 1 is 1.25 bits per heavy atom. The molecule has 3 heteroatoms. The van der Waals surface area contributed by atoms with Gasteiger partial charge < -0.3 is 10.3 Å². The van der Waals surface area contributed by atoms with E-state index in [0.29, 0.717) is 12.0 Å². The third kappa shape index (κ3) is 1.65. The Morgan fingerprint density at radius 2 is 2.05 bits per heavy atom. The minimum absolute atomic E-state index is 0.321. The third-order valence-corrected chi connectivity index (χ3v) is 5.41. The molecular weight excluding hydrogens is 246 g/mol. The van der Waals surface area contributed by atoms with E-state index in [1.807, 2.05) is 0 Å². The maximum Gasteiger partial charge on any atom is 0.114 e. The van der Waals surface area contributed by atoms with Crippen molar-refractivity contribution in [1.82, 2.24) is 9.55 Å². The number of fused-ring (bicyclic) bond motifs is 3. The lowest BCUT2D eigenvalue weighted by molar-refractivity contribution is 0.346. The zero-order chi connectivity index (χ0) is 13.7. The van der Waals surface area contributed by atoms with Gasteiger partial charge in [-0.25, -0.2) is 4.98 Å². The molecule has 1 aromatic heterocycles. The molecule has 0 aliphatic heterocycles. The molecule has 2 N–H and O–H groups in total. The van der Waals surface area contributed by atoms with Gasteiger partial charge in [0.05, 0.1) is 11.0 Å². The summed E-state index contributed by atoms with van der Waals surface area (Å²) in [5.74, 6) is 3.24. The maximum atomic E-state index is 6.53. The number of aromatic nitrogens is 2. The van der Waals surface area contributed by atoms with Crippen molar-refractivity contribution in [2.45, 2.75) is 51.1 Å². The van der Waals surface area contributed by atoms with E-state index in [-0.39, 0.29) is 0 Å². The van der Waals surface area contributed by atoms with Crippen molar-refractivity contribution >= 4 is 11.0 Å².